The van der Waals surface area contributed by atoms with Crippen LogP contribution in [0.4, 0.5) is 0 Å². The van der Waals surface area contributed by atoms with E-state index in [4.69, 9.17) is 0 Å². The van der Waals surface area contributed by atoms with E-state index in [2.05, 4.69) is 34.3 Å². The molecule has 1 aromatic heterocycles. The van der Waals surface area contributed by atoms with Gasteiger partial charge in [-0.05, 0) is 51.7 Å². The molecule has 1 fully saturated rings. The summed E-state index contributed by atoms with van der Waals surface area (Å²) in [5.74, 6) is 0. The SMILES string of the molecule is CCN1CCC(CNC)(c2ccccn2)CC1. The lowest BCUT2D eigenvalue weighted by Gasteiger charge is -2.41. The van der Waals surface area contributed by atoms with Crippen molar-refractivity contribution in [1.29, 1.82) is 0 Å². The second-order valence-electron chi connectivity index (χ2n) is 4.96. The molecule has 3 heteroatoms. The van der Waals surface area contributed by atoms with Gasteiger partial charge in [0.2, 0.25) is 0 Å². The van der Waals surface area contributed by atoms with E-state index < -0.39 is 0 Å². The number of likely N-dealkylation sites (N-methyl/N-ethyl adjacent to an activating group) is 1. The zero-order chi connectivity index (χ0) is 12.1. The quantitative estimate of drug-likeness (QED) is 0.857. The van der Waals surface area contributed by atoms with Crippen LogP contribution in [-0.4, -0.2) is 43.1 Å². The third-order valence-electron chi connectivity index (χ3n) is 3.98. The van der Waals surface area contributed by atoms with Crippen LogP contribution >= 0.6 is 0 Å². The minimum absolute atomic E-state index is 0.238. The number of aromatic nitrogens is 1. The van der Waals surface area contributed by atoms with Crippen LogP contribution in [0.25, 0.3) is 0 Å². The van der Waals surface area contributed by atoms with Gasteiger partial charge in [0.25, 0.3) is 0 Å². The number of pyridine rings is 1. The van der Waals surface area contributed by atoms with Gasteiger partial charge in [-0.2, -0.15) is 0 Å². The van der Waals surface area contributed by atoms with E-state index in [1.54, 1.807) is 0 Å². The van der Waals surface area contributed by atoms with E-state index >= 15 is 0 Å². The summed E-state index contributed by atoms with van der Waals surface area (Å²) in [6, 6.07) is 6.28. The van der Waals surface area contributed by atoms with Crippen LogP contribution in [0.5, 0.6) is 0 Å². The van der Waals surface area contributed by atoms with Gasteiger partial charge in [0.1, 0.15) is 0 Å². The lowest BCUT2D eigenvalue weighted by Crippen LogP contribution is -2.47. The lowest BCUT2D eigenvalue weighted by atomic mass is 9.75. The van der Waals surface area contributed by atoms with Gasteiger partial charge in [-0.25, -0.2) is 0 Å². The molecular formula is C14H23N3. The summed E-state index contributed by atoms with van der Waals surface area (Å²) in [4.78, 5) is 7.11. The largest absolute Gasteiger partial charge is 0.319 e. The van der Waals surface area contributed by atoms with E-state index in [1.165, 1.54) is 31.6 Å². The average molecular weight is 233 g/mol. The minimum atomic E-state index is 0.238. The van der Waals surface area contributed by atoms with Crippen molar-refractivity contribution in [3.63, 3.8) is 0 Å². The predicted octanol–water partition coefficient (Wildman–Crippen LogP) is 1.65. The van der Waals surface area contributed by atoms with Crippen LogP contribution < -0.4 is 5.32 Å². The van der Waals surface area contributed by atoms with Crippen LogP contribution in [0, 0.1) is 0 Å². The van der Waals surface area contributed by atoms with Crippen molar-refractivity contribution in [3.8, 4) is 0 Å². The second-order valence-corrected chi connectivity index (χ2v) is 4.96. The maximum absolute atomic E-state index is 4.59. The van der Waals surface area contributed by atoms with Gasteiger partial charge in [0, 0.05) is 23.9 Å². The van der Waals surface area contributed by atoms with Gasteiger partial charge in [-0.1, -0.05) is 13.0 Å². The highest BCUT2D eigenvalue weighted by atomic mass is 15.1. The highest BCUT2D eigenvalue weighted by Crippen LogP contribution is 2.33. The zero-order valence-corrected chi connectivity index (χ0v) is 10.9. The minimum Gasteiger partial charge on any atom is -0.319 e. The Morgan fingerprint density at radius 3 is 2.65 bits per heavy atom. The monoisotopic (exact) mass is 233 g/mol. The Morgan fingerprint density at radius 1 is 1.35 bits per heavy atom. The summed E-state index contributed by atoms with van der Waals surface area (Å²) in [5, 5.41) is 3.35. The maximum Gasteiger partial charge on any atom is 0.0479 e. The molecule has 1 aliphatic rings. The smallest absolute Gasteiger partial charge is 0.0479 e. The van der Waals surface area contributed by atoms with Crippen LogP contribution in [0.2, 0.25) is 0 Å². The Bertz CT molecular complexity index is 329. The Balaban J connectivity index is 2.17. The second kappa shape index (κ2) is 5.61. The van der Waals surface area contributed by atoms with E-state index in [1.807, 2.05) is 19.3 Å². The zero-order valence-electron chi connectivity index (χ0n) is 10.9. The van der Waals surface area contributed by atoms with Crippen LogP contribution in [-0.2, 0) is 5.41 Å². The highest BCUT2D eigenvalue weighted by Gasteiger charge is 2.36. The van der Waals surface area contributed by atoms with Gasteiger partial charge in [-0.15, -0.1) is 0 Å². The summed E-state index contributed by atoms with van der Waals surface area (Å²) in [7, 11) is 2.04. The summed E-state index contributed by atoms with van der Waals surface area (Å²) in [6.07, 6.45) is 4.33. The molecule has 0 aromatic carbocycles. The fourth-order valence-corrected chi connectivity index (χ4v) is 2.84. The first-order valence-corrected chi connectivity index (χ1v) is 6.59. The molecule has 0 amide bonds. The molecule has 2 rings (SSSR count). The first kappa shape index (κ1) is 12.5. The Kier molecular flexibility index (Phi) is 4.13. The van der Waals surface area contributed by atoms with Crippen molar-refractivity contribution < 1.29 is 0 Å². The number of nitrogens with one attached hydrogen (secondary N) is 1. The molecule has 1 aromatic rings. The van der Waals surface area contributed by atoms with Gasteiger partial charge in [0.15, 0.2) is 0 Å². The molecule has 3 nitrogen and oxygen atoms in total. The normalized spacial score (nSPS) is 20.4. The van der Waals surface area contributed by atoms with Crippen LogP contribution in [0.3, 0.4) is 0 Å². The summed E-state index contributed by atoms with van der Waals surface area (Å²) < 4.78 is 0. The van der Waals surface area contributed by atoms with Gasteiger partial charge in [0.05, 0.1) is 0 Å². The van der Waals surface area contributed by atoms with E-state index in [9.17, 15) is 0 Å². The first-order valence-electron chi connectivity index (χ1n) is 6.59. The fraction of sp³-hybridized carbons (Fsp3) is 0.643. The Hall–Kier alpha value is -0.930. The molecule has 2 heterocycles. The van der Waals surface area contributed by atoms with Crippen molar-refractivity contribution in [2.45, 2.75) is 25.2 Å². The van der Waals surface area contributed by atoms with Gasteiger partial charge in [-0.3, -0.25) is 4.98 Å². The predicted molar refractivity (Wildman–Crippen MR) is 71.2 cm³/mol. The third-order valence-corrected chi connectivity index (χ3v) is 3.98. The standard InChI is InChI=1S/C14H23N3/c1-3-17-10-7-14(8-11-17,12-15-2)13-6-4-5-9-16-13/h4-6,9,15H,3,7-8,10-12H2,1-2H3. The molecule has 0 unspecified atom stereocenters. The number of hydrogen-bond acceptors (Lipinski definition) is 3. The molecule has 0 aliphatic carbocycles. The number of nitrogens with zero attached hydrogens (tertiary/aromatic N) is 2. The molecule has 1 aliphatic heterocycles. The van der Waals surface area contributed by atoms with Crippen molar-refractivity contribution >= 4 is 0 Å². The van der Waals surface area contributed by atoms with Crippen molar-refractivity contribution in [3.05, 3.63) is 30.1 Å². The van der Waals surface area contributed by atoms with Crippen LogP contribution in [0.1, 0.15) is 25.5 Å². The summed E-state index contributed by atoms with van der Waals surface area (Å²) in [6.45, 7) is 6.81. The van der Waals surface area contributed by atoms with Crippen molar-refractivity contribution in [1.82, 2.24) is 15.2 Å². The third kappa shape index (κ3) is 2.67. The first-order chi connectivity index (χ1) is 8.30. The molecule has 0 atom stereocenters. The van der Waals surface area contributed by atoms with Gasteiger partial charge >= 0.3 is 0 Å². The summed E-state index contributed by atoms with van der Waals surface area (Å²) >= 11 is 0. The van der Waals surface area contributed by atoms with Crippen molar-refractivity contribution in [2.24, 2.45) is 0 Å². The topological polar surface area (TPSA) is 28.2 Å². The number of hydrogen-bond donors (Lipinski definition) is 1. The van der Waals surface area contributed by atoms with Gasteiger partial charge < -0.3 is 10.2 Å². The fourth-order valence-electron chi connectivity index (χ4n) is 2.84. The lowest BCUT2D eigenvalue weighted by molar-refractivity contribution is 0.161. The molecule has 17 heavy (non-hydrogen) atoms. The molecule has 0 saturated carbocycles. The molecular weight excluding hydrogens is 210 g/mol. The Labute approximate surface area is 104 Å². The number of piperidine rings is 1. The highest BCUT2D eigenvalue weighted by molar-refractivity contribution is 5.19. The van der Waals surface area contributed by atoms with E-state index in [0.29, 0.717) is 0 Å². The number of likely N-dealkylation sites (tertiary alicyclic amines) is 1. The molecule has 0 spiro atoms. The average Bonchev–Trinajstić information content (AvgIpc) is 2.41. The summed E-state index contributed by atoms with van der Waals surface area (Å²) in [5.41, 5.74) is 1.49. The van der Waals surface area contributed by atoms with E-state index in [0.717, 1.165) is 13.1 Å². The Morgan fingerprint density at radius 2 is 2.12 bits per heavy atom. The van der Waals surface area contributed by atoms with E-state index in [-0.39, 0.29) is 5.41 Å². The molecule has 94 valence electrons. The molecule has 0 bridgehead atoms. The number of rotatable bonds is 4. The molecule has 0 radical (unpaired) electrons. The molecule has 1 saturated heterocycles. The maximum atomic E-state index is 4.59. The van der Waals surface area contributed by atoms with Crippen LogP contribution in [0.15, 0.2) is 24.4 Å². The van der Waals surface area contributed by atoms with Crippen molar-refractivity contribution in [2.75, 3.05) is 33.2 Å². The molecule has 1 N–H and O–H groups in total.